The Morgan fingerprint density at radius 2 is 2.13 bits per heavy atom. The molecule has 1 aromatic carbocycles. The quantitative estimate of drug-likeness (QED) is 0.187. The normalized spacial score (nSPS) is 18.6. The van der Waals surface area contributed by atoms with E-state index < -0.39 is 17.1 Å². The number of nitrogens with zero attached hydrogens (tertiary/aromatic N) is 4. The Bertz CT molecular complexity index is 1040. The third-order valence-corrected chi connectivity index (χ3v) is 5.61. The number of fused-ring (bicyclic) bond motifs is 3. The Balaban J connectivity index is 2.10. The van der Waals surface area contributed by atoms with E-state index in [9.17, 15) is 9.59 Å². The molecule has 0 spiro atoms. The van der Waals surface area contributed by atoms with Gasteiger partial charge in [-0.2, -0.15) is 0 Å². The summed E-state index contributed by atoms with van der Waals surface area (Å²) in [6.07, 6.45) is 4.31. The minimum atomic E-state index is -0.637. The van der Waals surface area contributed by atoms with Crippen LogP contribution in [0.5, 0.6) is 0 Å². The van der Waals surface area contributed by atoms with Gasteiger partial charge < -0.3 is 4.74 Å². The lowest BCUT2D eigenvalue weighted by molar-refractivity contribution is 0.0536. The molecule has 30 heavy (non-hydrogen) atoms. The fraction of sp³-hybridized carbons (Fsp3) is 0.478. The SMILES string of the molecule is C=CC[C@]1(CCCN=[N+]=[N-])CCc2c(c3ccccc3n2C(=O)OC(C)(C)C)C1=O. The van der Waals surface area contributed by atoms with Crippen molar-refractivity contribution in [2.75, 3.05) is 6.54 Å². The first-order valence-electron chi connectivity index (χ1n) is 10.3. The van der Waals surface area contributed by atoms with Crippen LogP contribution in [-0.2, 0) is 11.2 Å². The van der Waals surface area contributed by atoms with Crippen molar-refractivity contribution in [2.24, 2.45) is 10.5 Å². The molecule has 1 aliphatic carbocycles. The van der Waals surface area contributed by atoms with E-state index in [0.29, 0.717) is 55.4 Å². The van der Waals surface area contributed by atoms with Gasteiger partial charge >= 0.3 is 6.09 Å². The maximum Gasteiger partial charge on any atom is 0.419 e. The molecule has 158 valence electrons. The van der Waals surface area contributed by atoms with Crippen molar-refractivity contribution in [2.45, 2.75) is 58.5 Å². The lowest BCUT2D eigenvalue weighted by Crippen LogP contribution is -2.37. The summed E-state index contributed by atoms with van der Waals surface area (Å²) in [6, 6.07) is 7.47. The van der Waals surface area contributed by atoms with E-state index in [1.54, 1.807) is 10.6 Å². The van der Waals surface area contributed by atoms with Crippen LogP contribution in [0, 0.1) is 5.41 Å². The highest BCUT2D eigenvalue weighted by molar-refractivity contribution is 6.14. The number of aromatic nitrogens is 1. The number of para-hydroxylation sites is 1. The van der Waals surface area contributed by atoms with E-state index in [1.807, 2.05) is 45.0 Å². The van der Waals surface area contributed by atoms with Gasteiger partial charge in [-0.15, -0.1) is 6.58 Å². The zero-order valence-electron chi connectivity index (χ0n) is 17.9. The molecule has 0 saturated heterocycles. The highest BCUT2D eigenvalue weighted by atomic mass is 16.6. The molecule has 0 radical (unpaired) electrons. The minimum absolute atomic E-state index is 0.0306. The molecule has 7 heteroatoms. The van der Waals surface area contributed by atoms with Gasteiger partial charge in [0.05, 0.1) is 5.52 Å². The molecule has 1 heterocycles. The second-order valence-electron chi connectivity index (χ2n) is 8.81. The summed E-state index contributed by atoms with van der Waals surface area (Å²) in [4.78, 5) is 29.6. The van der Waals surface area contributed by atoms with Gasteiger partial charge in [0.1, 0.15) is 5.60 Å². The summed E-state index contributed by atoms with van der Waals surface area (Å²) >= 11 is 0. The van der Waals surface area contributed by atoms with Crippen LogP contribution in [0.25, 0.3) is 21.3 Å². The summed E-state index contributed by atoms with van der Waals surface area (Å²) in [5.74, 6) is 0.0306. The molecule has 0 N–H and O–H groups in total. The number of carbonyl (C=O) groups excluding carboxylic acids is 2. The predicted octanol–water partition coefficient (Wildman–Crippen LogP) is 6.21. The highest BCUT2D eigenvalue weighted by Crippen LogP contribution is 2.45. The van der Waals surface area contributed by atoms with Crippen LogP contribution in [0.1, 0.15) is 62.5 Å². The average molecular weight is 409 g/mol. The Labute approximate surface area is 176 Å². The van der Waals surface area contributed by atoms with Crippen molar-refractivity contribution in [1.29, 1.82) is 0 Å². The summed E-state index contributed by atoms with van der Waals surface area (Å²) < 4.78 is 7.19. The lowest BCUT2D eigenvalue weighted by atomic mass is 9.67. The number of hydrogen-bond donors (Lipinski definition) is 0. The number of hydrogen-bond acceptors (Lipinski definition) is 4. The summed E-state index contributed by atoms with van der Waals surface area (Å²) in [5, 5.41) is 4.38. The number of ketones is 1. The number of allylic oxidation sites excluding steroid dienone is 1. The first-order chi connectivity index (χ1) is 14.2. The minimum Gasteiger partial charge on any atom is -0.443 e. The number of benzene rings is 1. The van der Waals surface area contributed by atoms with E-state index in [0.717, 1.165) is 5.39 Å². The molecule has 2 aromatic rings. The summed E-state index contributed by atoms with van der Waals surface area (Å²) in [5.41, 5.74) is 9.31. The number of Topliss-reactive ketones (excluding diaryl/α,β-unsaturated/α-hetero) is 1. The number of azide groups is 1. The van der Waals surface area contributed by atoms with Gasteiger partial charge in [0.2, 0.25) is 0 Å². The molecule has 0 aliphatic heterocycles. The smallest absolute Gasteiger partial charge is 0.419 e. The van der Waals surface area contributed by atoms with Crippen LogP contribution < -0.4 is 0 Å². The van der Waals surface area contributed by atoms with Crippen molar-refractivity contribution in [1.82, 2.24) is 4.57 Å². The Kier molecular flexibility index (Phi) is 6.04. The standard InChI is InChI=1S/C23H28N4O3/c1-5-12-23(13-8-15-25-26-24)14-11-18-19(20(23)28)16-9-6-7-10-17(16)27(18)21(29)30-22(2,3)4/h5-7,9-10H,1,8,11-15H2,2-4H3/t23-/m0/s1. The topological polar surface area (TPSA) is 97.1 Å². The van der Waals surface area contributed by atoms with Crippen LogP contribution in [0.3, 0.4) is 0 Å². The lowest BCUT2D eigenvalue weighted by Gasteiger charge is -2.35. The fourth-order valence-electron chi connectivity index (χ4n) is 4.38. The first kappa shape index (κ1) is 21.7. The first-order valence-corrected chi connectivity index (χ1v) is 10.3. The highest BCUT2D eigenvalue weighted by Gasteiger charge is 2.44. The second kappa shape index (κ2) is 8.36. The van der Waals surface area contributed by atoms with Crippen molar-refractivity contribution in [3.63, 3.8) is 0 Å². The number of ether oxygens (including phenoxy) is 1. The number of rotatable bonds is 6. The Morgan fingerprint density at radius 1 is 1.40 bits per heavy atom. The van der Waals surface area contributed by atoms with Gasteiger partial charge in [0, 0.05) is 33.5 Å². The van der Waals surface area contributed by atoms with Gasteiger partial charge in [0.25, 0.3) is 0 Å². The van der Waals surface area contributed by atoms with Gasteiger partial charge in [-0.1, -0.05) is 29.4 Å². The summed E-state index contributed by atoms with van der Waals surface area (Å²) in [7, 11) is 0. The van der Waals surface area contributed by atoms with Crippen LogP contribution in [0.15, 0.2) is 42.0 Å². The van der Waals surface area contributed by atoms with Crippen molar-refractivity contribution < 1.29 is 14.3 Å². The second-order valence-corrected chi connectivity index (χ2v) is 8.81. The third kappa shape index (κ3) is 3.98. The maximum atomic E-state index is 13.8. The summed E-state index contributed by atoms with van der Waals surface area (Å²) in [6.45, 7) is 9.69. The molecule has 1 aromatic heterocycles. The average Bonchev–Trinajstić information content (AvgIpc) is 3.02. The van der Waals surface area contributed by atoms with Crippen molar-refractivity contribution in [3.05, 3.63) is 58.6 Å². The zero-order chi connectivity index (χ0) is 21.9. The predicted molar refractivity (Wildman–Crippen MR) is 117 cm³/mol. The molecular weight excluding hydrogens is 380 g/mol. The Hall–Kier alpha value is -3.05. The van der Waals surface area contributed by atoms with E-state index in [2.05, 4.69) is 16.6 Å². The monoisotopic (exact) mass is 408 g/mol. The molecule has 0 saturated carbocycles. The zero-order valence-corrected chi connectivity index (χ0v) is 17.9. The van der Waals surface area contributed by atoms with E-state index in [-0.39, 0.29) is 5.78 Å². The molecule has 1 aliphatic rings. The number of carbonyl (C=O) groups is 2. The molecule has 0 bridgehead atoms. The van der Waals surface area contributed by atoms with Gasteiger partial charge in [-0.3, -0.25) is 4.79 Å². The van der Waals surface area contributed by atoms with Crippen LogP contribution in [0.2, 0.25) is 0 Å². The molecule has 7 nitrogen and oxygen atoms in total. The van der Waals surface area contributed by atoms with E-state index in [1.165, 1.54) is 0 Å². The van der Waals surface area contributed by atoms with Crippen molar-refractivity contribution >= 4 is 22.8 Å². The Morgan fingerprint density at radius 3 is 2.80 bits per heavy atom. The van der Waals surface area contributed by atoms with Crippen LogP contribution >= 0.6 is 0 Å². The fourth-order valence-corrected chi connectivity index (χ4v) is 4.38. The van der Waals surface area contributed by atoms with E-state index >= 15 is 0 Å². The molecule has 0 fully saturated rings. The van der Waals surface area contributed by atoms with E-state index in [4.69, 9.17) is 10.3 Å². The molecular formula is C23H28N4O3. The largest absolute Gasteiger partial charge is 0.443 e. The maximum absolute atomic E-state index is 13.8. The molecule has 0 unspecified atom stereocenters. The van der Waals surface area contributed by atoms with Crippen LogP contribution in [-0.4, -0.2) is 28.6 Å². The van der Waals surface area contributed by atoms with Gasteiger partial charge in [0.15, 0.2) is 5.78 Å². The molecule has 0 amide bonds. The third-order valence-electron chi connectivity index (χ3n) is 5.61. The van der Waals surface area contributed by atoms with Crippen LogP contribution in [0.4, 0.5) is 4.79 Å². The molecule has 1 atom stereocenters. The van der Waals surface area contributed by atoms with Crippen molar-refractivity contribution in [3.8, 4) is 0 Å². The van der Waals surface area contributed by atoms with Gasteiger partial charge in [-0.05, 0) is 64.5 Å². The van der Waals surface area contributed by atoms with Gasteiger partial charge in [-0.25, -0.2) is 9.36 Å². The molecule has 3 rings (SSSR count).